The maximum absolute atomic E-state index is 4.78. The zero-order valence-electron chi connectivity index (χ0n) is 11.3. The highest BCUT2D eigenvalue weighted by molar-refractivity contribution is 6.12. The summed E-state index contributed by atoms with van der Waals surface area (Å²) >= 11 is 0. The number of hydrogen-bond donors (Lipinski definition) is 0. The summed E-state index contributed by atoms with van der Waals surface area (Å²) in [6.07, 6.45) is 10.0. The van der Waals surface area contributed by atoms with Crippen molar-refractivity contribution in [1.82, 2.24) is 4.98 Å². The molecule has 0 fully saturated rings. The van der Waals surface area contributed by atoms with Gasteiger partial charge in [0.05, 0.1) is 6.04 Å². The molecule has 1 aromatic rings. The molecule has 0 bridgehead atoms. The Labute approximate surface area is 113 Å². The molecule has 3 nitrogen and oxygen atoms in total. The van der Waals surface area contributed by atoms with Crippen molar-refractivity contribution in [2.24, 2.45) is 10.9 Å². The van der Waals surface area contributed by atoms with Gasteiger partial charge in [-0.3, -0.25) is 4.99 Å². The monoisotopic (exact) mass is 251 g/mol. The van der Waals surface area contributed by atoms with E-state index in [0.717, 1.165) is 30.3 Å². The van der Waals surface area contributed by atoms with E-state index in [1.165, 1.54) is 11.1 Å². The first kappa shape index (κ1) is 11.0. The summed E-state index contributed by atoms with van der Waals surface area (Å²) in [5, 5.41) is 0. The third-order valence-corrected chi connectivity index (χ3v) is 4.29. The Morgan fingerprint density at radius 1 is 1.26 bits per heavy atom. The van der Waals surface area contributed by atoms with Crippen LogP contribution in [-0.4, -0.2) is 23.4 Å². The standard InChI is InChI=1S/C16H17N3/c1-10-8-11(2)18-16-13(10)6-7-15-17-9-12-4-3-5-14(12)19(15)16/h3,5-8,12,14H,4,9H2,1-2H3/t12-,14-/m0/s1. The number of rotatable bonds is 0. The molecular formula is C16H17N3. The molecule has 0 amide bonds. The van der Waals surface area contributed by atoms with Crippen LogP contribution in [0.2, 0.25) is 0 Å². The zero-order chi connectivity index (χ0) is 13.0. The van der Waals surface area contributed by atoms with E-state index in [2.05, 4.69) is 49.1 Å². The summed E-state index contributed by atoms with van der Waals surface area (Å²) in [7, 11) is 0. The molecule has 1 aromatic heterocycles. The number of anilines is 1. The van der Waals surface area contributed by atoms with Gasteiger partial charge in [0.2, 0.25) is 0 Å². The molecule has 0 unspecified atom stereocenters. The van der Waals surface area contributed by atoms with E-state index in [-0.39, 0.29) is 0 Å². The minimum Gasteiger partial charge on any atom is -0.303 e. The van der Waals surface area contributed by atoms with E-state index in [0.29, 0.717) is 12.0 Å². The number of aromatic nitrogens is 1. The van der Waals surface area contributed by atoms with Crippen LogP contribution in [0.15, 0.2) is 29.3 Å². The van der Waals surface area contributed by atoms with Crippen LogP contribution in [0.4, 0.5) is 5.82 Å². The maximum atomic E-state index is 4.78. The third-order valence-electron chi connectivity index (χ3n) is 4.29. The van der Waals surface area contributed by atoms with Crippen LogP contribution in [-0.2, 0) is 0 Å². The van der Waals surface area contributed by atoms with Gasteiger partial charge in [-0.05, 0) is 44.1 Å². The minimum absolute atomic E-state index is 0.435. The van der Waals surface area contributed by atoms with E-state index in [4.69, 9.17) is 9.98 Å². The first-order valence-electron chi connectivity index (χ1n) is 6.91. The fourth-order valence-electron chi connectivity index (χ4n) is 3.37. The summed E-state index contributed by atoms with van der Waals surface area (Å²) in [6.45, 7) is 5.16. The average molecular weight is 251 g/mol. The lowest BCUT2D eigenvalue weighted by Gasteiger charge is -2.39. The molecule has 0 aromatic carbocycles. The Morgan fingerprint density at radius 2 is 2.16 bits per heavy atom. The normalized spacial score (nSPS) is 26.8. The molecule has 3 heterocycles. The predicted molar refractivity (Wildman–Crippen MR) is 78.6 cm³/mol. The summed E-state index contributed by atoms with van der Waals surface area (Å²) in [5.74, 6) is 2.77. The second-order valence-electron chi connectivity index (χ2n) is 5.63. The number of nitrogens with zero attached hydrogens (tertiary/aromatic N) is 3. The van der Waals surface area contributed by atoms with E-state index >= 15 is 0 Å². The number of pyridine rings is 1. The minimum atomic E-state index is 0.435. The number of hydrogen-bond acceptors (Lipinski definition) is 3. The first-order valence-corrected chi connectivity index (χ1v) is 6.91. The molecule has 3 heteroatoms. The Balaban J connectivity index is 1.93. The van der Waals surface area contributed by atoms with Crippen LogP contribution >= 0.6 is 0 Å². The predicted octanol–water partition coefficient (Wildman–Crippen LogP) is 2.89. The molecule has 0 radical (unpaired) electrons. The van der Waals surface area contributed by atoms with Crippen molar-refractivity contribution in [3.63, 3.8) is 0 Å². The second-order valence-corrected chi connectivity index (χ2v) is 5.63. The zero-order valence-corrected chi connectivity index (χ0v) is 11.3. The second kappa shape index (κ2) is 3.80. The lowest BCUT2D eigenvalue weighted by Crippen LogP contribution is -2.47. The van der Waals surface area contributed by atoms with Crippen molar-refractivity contribution in [3.05, 3.63) is 41.1 Å². The highest BCUT2D eigenvalue weighted by Crippen LogP contribution is 2.37. The fraction of sp³-hybridized carbons (Fsp3) is 0.375. The Morgan fingerprint density at radius 3 is 3.05 bits per heavy atom. The summed E-state index contributed by atoms with van der Waals surface area (Å²) in [6, 6.07) is 2.59. The van der Waals surface area contributed by atoms with Crippen molar-refractivity contribution in [3.8, 4) is 0 Å². The van der Waals surface area contributed by atoms with Gasteiger partial charge in [0, 0.05) is 23.7 Å². The number of amidine groups is 1. The fourth-order valence-corrected chi connectivity index (χ4v) is 3.37. The van der Waals surface area contributed by atoms with Crippen LogP contribution in [0.1, 0.15) is 23.2 Å². The SMILES string of the molecule is Cc1cc(C)c2c(n1)N1C(=NC[C@@H]3CC=C[C@@H]31)C=C2. The van der Waals surface area contributed by atoms with Crippen molar-refractivity contribution in [1.29, 1.82) is 0 Å². The Bertz CT molecular complexity index is 640. The Hall–Kier alpha value is -1.90. The average Bonchev–Trinajstić information content (AvgIpc) is 2.86. The number of aliphatic imine (C=N–C) groups is 1. The molecule has 2 atom stereocenters. The molecule has 96 valence electrons. The van der Waals surface area contributed by atoms with Crippen LogP contribution in [0.5, 0.6) is 0 Å². The lowest BCUT2D eigenvalue weighted by atomic mass is 9.95. The van der Waals surface area contributed by atoms with E-state index in [1.807, 2.05) is 0 Å². The van der Waals surface area contributed by atoms with Crippen molar-refractivity contribution in [2.75, 3.05) is 11.4 Å². The molecule has 2 aliphatic heterocycles. The van der Waals surface area contributed by atoms with E-state index < -0.39 is 0 Å². The van der Waals surface area contributed by atoms with Gasteiger partial charge < -0.3 is 4.90 Å². The molecule has 19 heavy (non-hydrogen) atoms. The van der Waals surface area contributed by atoms with Crippen LogP contribution in [0.3, 0.4) is 0 Å². The van der Waals surface area contributed by atoms with Crippen molar-refractivity contribution >= 4 is 17.7 Å². The van der Waals surface area contributed by atoms with Gasteiger partial charge in [-0.25, -0.2) is 4.98 Å². The summed E-state index contributed by atoms with van der Waals surface area (Å²) in [5.41, 5.74) is 3.61. The van der Waals surface area contributed by atoms with Gasteiger partial charge in [0.15, 0.2) is 0 Å². The highest BCUT2D eigenvalue weighted by Gasteiger charge is 2.37. The quantitative estimate of drug-likeness (QED) is 0.663. The molecule has 4 rings (SSSR count). The van der Waals surface area contributed by atoms with Gasteiger partial charge >= 0.3 is 0 Å². The van der Waals surface area contributed by atoms with Crippen LogP contribution < -0.4 is 4.90 Å². The smallest absolute Gasteiger partial charge is 0.142 e. The van der Waals surface area contributed by atoms with Crippen molar-refractivity contribution in [2.45, 2.75) is 26.3 Å². The van der Waals surface area contributed by atoms with E-state index in [1.54, 1.807) is 0 Å². The number of fused-ring (bicyclic) bond motifs is 5. The number of aryl methyl sites for hydroxylation is 2. The van der Waals surface area contributed by atoms with Gasteiger partial charge in [0.25, 0.3) is 0 Å². The third kappa shape index (κ3) is 1.51. The van der Waals surface area contributed by atoms with Gasteiger partial charge in [-0.15, -0.1) is 0 Å². The van der Waals surface area contributed by atoms with Crippen molar-refractivity contribution < 1.29 is 0 Å². The van der Waals surface area contributed by atoms with E-state index in [9.17, 15) is 0 Å². The first-order chi connectivity index (χ1) is 9.24. The highest BCUT2D eigenvalue weighted by atomic mass is 15.3. The molecule has 0 saturated heterocycles. The molecule has 0 N–H and O–H groups in total. The van der Waals surface area contributed by atoms with Crippen LogP contribution in [0.25, 0.3) is 6.08 Å². The largest absolute Gasteiger partial charge is 0.303 e. The molecule has 0 spiro atoms. The molecule has 3 aliphatic rings. The molecule has 1 aliphatic carbocycles. The number of allylic oxidation sites excluding steroid dienone is 1. The molecular weight excluding hydrogens is 234 g/mol. The van der Waals surface area contributed by atoms with Gasteiger partial charge in [0.1, 0.15) is 11.7 Å². The van der Waals surface area contributed by atoms with Gasteiger partial charge in [-0.1, -0.05) is 12.2 Å². The summed E-state index contributed by atoms with van der Waals surface area (Å²) < 4.78 is 0. The van der Waals surface area contributed by atoms with Crippen LogP contribution in [0, 0.1) is 19.8 Å². The summed E-state index contributed by atoms with van der Waals surface area (Å²) in [4.78, 5) is 11.8. The van der Waals surface area contributed by atoms with Gasteiger partial charge in [-0.2, -0.15) is 0 Å². The lowest BCUT2D eigenvalue weighted by molar-refractivity contribution is 0.496. The maximum Gasteiger partial charge on any atom is 0.142 e. The molecule has 0 saturated carbocycles. The topological polar surface area (TPSA) is 28.5 Å². The Kier molecular flexibility index (Phi) is 2.19.